The Morgan fingerprint density at radius 1 is 1.11 bits per heavy atom. The van der Waals surface area contributed by atoms with Crippen LogP contribution >= 0.6 is 0 Å². The lowest BCUT2D eigenvalue weighted by Gasteiger charge is -2.41. The number of hydrogen-bond acceptors (Lipinski definition) is 3. The van der Waals surface area contributed by atoms with Gasteiger partial charge in [-0.25, -0.2) is 0 Å². The molecule has 4 nitrogen and oxygen atoms in total. The maximum absolute atomic E-state index is 10.6. The van der Waals surface area contributed by atoms with Crippen molar-refractivity contribution in [3.63, 3.8) is 0 Å². The molecule has 1 heterocycles. The van der Waals surface area contributed by atoms with Crippen molar-refractivity contribution in [2.45, 2.75) is 63.5 Å². The zero-order chi connectivity index (χ0) is 13.0. The van der Waals surface area contributed by atoms with Gasteiger partial charge >= 0.3 is 5.97 Å². The zero-order valence-corrected chi connectivity index (χ0v) is 11.1. The lowest BCUT2D eigenvalue weighted by atomic mass is 9.87. The molecule has 1 aliphatic heterocycles. The van der Waals surface area contributed by atoms with E-state index in [0.717, 1.165) is 51.6 Å². The van der Waals surface area contributed by atoms with Crippen molar-refractivity contribution in [2.75, 3.05) is 13.1 Å². The highest BCUT2D eigenvalue weighted by molar-refractivity contribution is 5.66. The van der Waals surface area contributed by atoms with Crippen LogP contribution in [0.3, 0.4) is 0 Å². The van der Waals surface area contributed by atoms with Gasteiger partial charge in [-0.3, -0.25) is 9.69 Å². The molecule has 1 saturated carbocycles. The van der Waals surface area contributed by atoms with Gasteiger partial charge < -0.3 is 10.2 Å². The van der Waals surface area contributed by atoms with Crippen LogP contribution in [-0.4, -0.2) is 46.3 Å². The molecule has 18 heavy (non-hydrogen) atoms. The first-order valence-corrected chi connectivity index (χ1v) is 7.30. The predicted molar refractivity (Wildman–Crippen MR) is 69.4 cm³/mol. The van der Waals surface area contributed by atoms with Crippen molar-refractivity contribution in [1.82, 2.24) is 4.90 Å². The highest BCUT2D eigenvalue weighted by Crippen LogP contribution is 2.28. The molecule has 0 amide bonds. The molecule has 2 N–H and O–H groups in total. The summed E-state index contributed by atoms with van der Waals surface area (Å²) in [6.07, 6.45) is 7.63. The Labute approximate surface area is 109 Å². The van der Waals surface area contributed by atoms with Crippen LogP contribution in [0.15, 0.2) is 0 Å². The molecule has 0 aromatic rings. The van der Waals surface area contributed by atoms with Crippen LogP contribution in [0.2, 0.25) is 0 Å². The quantitative estimate of drug-likeness (QED) is 0.805. The zero-order valence-electron chi connectivity index (χ0n) is 11.1. The molecule has 104 valence electrons. The van der Waals surface area contributed by atoms with Gasteiger partial charge in [0.05, 0.1) is 6.10 Å². The van der Waals surface area contributed by atoms with Gasteiger partial charge in [0.25, 0.3) is 0 Å². The maximum atomic E-state index is 10.6. The minimum atomic E-state index is -0.680. The fraction of sp³-hybridized carbons (Fsp3) is 0.929. The fourth-order valence-corrected chi connectivity index (χ4v) is 3.42. The highest BCUT2D eigenvalue weighted by Gasteiger charge is 2.31. The van der Waals surface area contributed by atoms with E-state index < -0.39 is 5.97 Å². The van der Waals surface area contributed by atoms with Crippen LogP contribution in [0.1, 0.15) is 51.4 Å². The van der Waals surface area contributed by atoms with Crippen molar-refractivity contribution >= 4 is 5.97 Å². The third-order valence-corrected chi connectivity index (χ3v) is 4.58. The fourth-order valence-electron chi connectivity index (χ4n) is 3.42. The van der Waals surface area contributed by atoms with E-state index in [-0.39, 0.29) is 6.10 Å². The van der Waals surface area contributed by atoms with Crippen LogP contribution < -0.4 is 0 Å². The lowest BCUT2D eigenvalue weighted by Crippen LogP contribution is -2.48. The summed E-state index contributed by atoms with van der Waals surface area (Å²) in [7, 11) is 0. The summed E-state index contributed by atoms with van der Waals surface area (Å²) >= 11 is 0. The maximum Gasteiger partial charge on any atom is 0.303 e. The number of carbonyl (C=O) groups is 1. The van der Waals surface area contributed by atoms with Crippen LogP contribution in [-0.2, 0) is 4.79 Å². The average molecular weight is 255 g/mol. The smallest absolute Gasteiger partial charge is 0.303 e. The minimum Gasteiger partial charge on any atom is -0.481 e. The topological polar surface area (TPSA) is 60.8 Å². The molecule has 0 spiro atoms. The van der Waals surface area contributed by atoms with Crippen molar-refractivity contribution in [1.29, 1.82) is 0 Å². The molecule has 1 aliphatic carbocycles. The van der Waals surface area contributed by atoms with Gasteiger partial charge in [-0.05, 0) is 51.1 Å². The van der Waals surface area contributed by atoms with Gasteiger partial charge in [0.1, 0.15) is 0 Å². The normalized spacial score (nSPS) is 31.4. The first-order valence-electron chi connectivity index (χ1n) is 7.30. The van der Waals surface area contributed by atoms with Crippen LogP contribution in [0.5, 0.6) is 0 Å². The highest BCUT2D eigenvalue weighted by atomic mass is 16.4. The van der Waals surface area contributed by atoms with Crippen molar-refractivity contribution in [3.05, 3.63) is 0 Å². The molecule has 2 fully saturated rings. The molecule has 2 aliphatic rings. The molecule has 2 atom stereocenters. The van der Waals surface area contributed by atoms with Crippen LogP contribution in [0, 0.1) is 5.92 Å². The number of carboxylic acids is 1. The summed E-state index contributed by atoms with van der Waals surface area (Å²) in [5.74, 6) is -0.113. The van der Waals surface area contributed by atoms with E-state index in [2.05, 4.69) is 4.90 Å². The number of nitrogens with zero attached hydrogens (tertiary/aromatic N) is 1. The van der Waals surface area contributed by atoms with E-state index in [4.69, 9.17) is 5.11 Å². The van der Waals surface area contributed by atoms with E-state index in [1.54, 1.807) is 0 Å². The summed E-state index contributed by atoms with van der Waals surface area (Å²) < 4.78 is 0. The monoisotopic (exact) mass is 255 g/mol. The third kappa shape index (κ3) is 3.69. The molecule has 2 rings (SSSR count). The summed E-state index contributed by atoms with van der Waals surface area (Å²) in [4.78, 5) is 13.0. The largest absolute Gasteiger partial charge is 0.481 e. The first-order chi connectivity index (χ1) is 8.66. The molecular formula is C14H25NO3. The molecule has 4 heteroatoms. The molecule has 0 radical (unpaired) electrons. The van der Waals surface area contributed by atoms with Crippen LogP contribution in [0.4, 0.5) is 0 Å². The van der Waals surface area contributed by atoms with Crippen molar-refractivity contribution < 1.29 is 15.0 Å². The third-order valence-electron chi connectivity index (χ3n) is 4.58. The predicted octanol–water partition coefficient (Wildman–Crippen LogP) is 1.87. The lowest BCUT2D eigenvalue weighted by molar-refractivity contribution is -0.137. The second-order valence-corrected chi connectivity index (χ2v) is 5.83. The Kier molecular flexibility index (Phi) is 5.01. The Morgan fingerprint density at radius 3 is 2.39 bits per heavy atom. The van der Waals surface area contributed by atoms with E-state index in [0.29, 0.717) is 18.4 Å². The molecule has 1 saturated heterocycles. The molecule has 2 unspecified atom stereocenters. The minimum absolute atomic E-state index is 0.144. The summed E-state index contributed by atoms with van der Waals surface area (Å²) in [5, 5.41) is 18.7. The van der Waals surface area contributed by atoms with Gasteiger partial charge in [0, 0.05) is 12.5 Å². The van der Waals surface area contributed by atoms with Crippen molar-refractivity contribution in [2.24, 2.45) is 5.92 Å². The van der Waals surface area contributed by atoms with E-state index in [9.17, 15) is 9.90 Å². The first kappa shape index (κ1) is 13.8. The van der Waals surface area contributed by atoms with Gasteiger partial charge in [-0.1, -0.05) is 12.8 Å². The summed E-state index contributed by atoms with van der Waals surface area (Å²) in [5.41, 5.74) is 0. The number of likely N-dealkylation sites (tertiary alicyclic amines) is 1. The van der Waals surface area contributed by atoms with E-state index in [1.807, 2.05) is 0 Å². The standard InChI is InChI=1S/C14H25NO3/c16-13-4-2-1-3-12(13)15-9-7-11(8-10-15)5-6-14(17)18/h11-13,16H,1-10H2,(H,17,18). The van der Waals surface area contributed by atoms with Crippen molar-refractivity contribution in [3.8, 4) is 0 Å². The Bertz CT molecular complexity index is 274. The number of aliphatic hydroxyl groups is 1. The van der Waals surface area contributed by atoms with Gasteiger partial charge in [0.2, 0.25) is 0 Å². The Morgan fingerprint density at radius 2 is 1.78 bits per heavy atom. The average Bonchev–Trinajstić information content (AvgIpc) is 2.38. The number of aliphatic carboxylic acids is 1. The van der Waals surface area contributed by atoms with E-state index in [1.165, 1.54) is 6.42 Å². The van der Waals surface area contributed by atoms with Gasteiger partial charge in [-0.15, -0.1) is 0 Å². The Hall–Kier alpha value is -0.610. The number of rotatable bonds is 4. The molecular weight excluding hydrogens is 230 g/mol. The Balaban J connectivity index is 1.74. The van der Waals surface area contributed by atoms with Crippen LogP contribution in [0.25, 0.3) is 0 Å². The number of aliphatic hydroxyl groups excluding tert-OH is 1. The number of hydrogen-bond donors (Lipinski definition) is 2. The van der Waals surface area contributed by atoms with Gasteiger partial charge in [0.15, 0.2) is 0 Å². The molecule has 0 bridgehead atoms. The SMILES string of the molecule is O=C(O)CCC1CCN(C2CCCCC2O)CC1. The summed E-state index contributed by atoms with van der Waals surface area (Å²) in [6.45, 7) is 2.07. The van der Waals surface area contributed by atoms with E-state index >= 15 is 0 Å². The second kappa shape index (κ2) is 6.53. The molecule has 0 aromatic heterocycles. The number of piperidine rings is 1. The number of carboxylic acid groups (broad SMARTS) is 1. The second-order valence-electron chi connectivity index (χ2n) is 5.83. The summed E-state index contributed by atoms with van der Waals surface area (Å²) in [6, 6.07) is 0.360. The molecule has 0 aromatic carbocycles. The van der Waals surface area contributed by atoms with Gasteiger partial charge in [-0.2, -0.15) is 0 Å².